The van der Waals surface area contributed by atoms with Crippen LogP contribution in [-0.4, -0.2) is 35.7 Å². The summed E-state index contributed by atoms with van der Waals surface area (Å²) in [5.41, 5.74) is 2.55. The van der Waals surface area contributed by atoms with Crippen molar-refractivity contribution in [2.75, 3.05) is 18.8 Å². The van der Waals surface area contributed by atoms with Crippen LogP contribution in [0.4, 0.5) is 0 Å². The van der Waals surface area contributed by atoms with Crippen LogP contribution in [0.1, 0.15) is 30.3 Å². The minimum atomic E-state index is 0.203. The summed E-state index contributed by atoms with van der Waals surface area (Å²) < 4.78 is 0. The number of carbonyl (C=O) groups is 1. The van der Waals surface area contributed by atoms with Crippen molar-refractivity contribution in [1.29, 1.82) is 0 Å². The Morgan fingerprint density at radius 2 is 2.16 bits per heavy atom. The van der Waals surface area contributed by atoms with Crippen LogP contribution in [0.2, 0.25) is 0 Å². The quantitative estimate of drug-likeness (QED) is 0.888. The Labute approximate surface area is 119 Å². The summed E-state index contributed by atoms with van der Waals surface area (Å²) in [4.78, 5) is 14.1. The molecule has 19 heavy (non-hydrogen) atoms. The maximum Gasteiger partial charge on any atom is 0.234 e. The molecular weight excluding hydrogens is 256 g/mol. The molecule has 1 aromatic rings. The summed E-state index contributed by atoms with van der Waals surface area (Å²) in [6, 6.07) is 8.96. The molecule has 104 valence electrons. The zero-order valence-electron chi connectivity index (χ0n) is 11.9. The van der Waals surface area contributed by atoms with Gasteiger partial charge in [0.15, 0.2) is 0 Å². The third-order valence-electron chi connectivity index (χ3n) is 3.43. The zero-order valence-corrected chi connectivity index (χ0v) is 12.7. The highest BCUT2D eigenvalue weighted by Gasteiger charge is 2.33. The Morgan fingerprint density at radius 3 is 2.84 bits per heavy atom. The van der Waals surface area contributed by atoms with E-state index in [1.807, 2.05) is 4.90 Å². The standard InChI is InChI=1S/C15H22N2OS/c1-11(2)16-8-9-17-14(18)10-19-15(17)13-7-5-4-6-12(13)3/h4-7,11,15-16H,8-10H2,1-3H3/p+1/t15-/m0/s1. The first-order valence-electron chi connectivity index (χ1n) is 6.89. The van der Waals surface area contributed by atoms with Crippen LogP contribution in [0.15, 0.2) is 24.3 Å². The number of carbonyl (C=O) groups excluding carboxylic acids is 1. The van der Waals surface area contributed by atoms with E-state index in [4.69, 9.17) is 0 Å². The third kappa shape index (κ3) is 3.51. The van der Waals surface area contributed by atoms with Crippen LogP contribution in [0.5, 0.6) is 0 Å². The highest BCUT2D eigenvalue weighted by molar-refractivity contribution is 8.00. The lowest BCUT2D eigenvalue weighted by Crippen LogP contribution is -2.89. The lowest BCUT2D eigenvalue weighted by Gasteiger charge is -2.25. The van der Waals surface area contributed by atoms with Crippen molar-refractivity contribution < 1.29 is 10.1 Å². The number of hydrogen-bond donors (Lipinski definition) is 1. The molecule has 1 atom stereocenters. The largest absolute Gasteiger partial charge is 0.343 e. The Hall–Kier alpha value is -1.00. The first kappa shape index (κ1) is 14.4. The van der Waals surface area contributed by atoms with Crippen LogP contribution in [0.25, 0.3) is 0 Å². The van der Waals surface area contributed by atoms with E-state index < -0.39 is 0 Å². The first-order valence-corrected chi connectivity index (χ1v) is 7.94. The SMILES string of the molecule is Cc1ccccc1[C@@H]1SCC(=O)N1CC[NH2+]C(C)C. The lowest BCUT2D eigenvalue weighted by atomic mass is 10.1. The predicted octanol–water partition coefficient (Wildman–Crippen LogP) is 1.54. The molecule has 0 spiro atoms. The highest BCUT2D eigenvalue weighted by atomic mass is 32.2. The smallest absolute Gasteiger partial charge is 0.234 e. The van der Waals surface area contributed by atoms with E-state index in [0.717, 1.165) is 13.1 Å². The molecule has 0 aromatic heterocycles. The van der Waals surface area contributed by atoms with Gasteiger partial charge < -0.3 is 10.2 Å². The molecule has 1 aromatic carbocycles. The maximum atomic E-state index is 12.0. The van der Waals surface area contributed by atoms with Crippen LogP contribution in [0, 0.1) is 6.92 Å². The predicted molar refractivity (Wildman–Crippen MR) is 80.0 cm³/mol. The number of thioether (sulfide) groups is 1. The summed E-state index contributed by atoms with van der Waals surface area (Å²) >= 11 is 1.75. The van der Waals surface area contributed by atoms with Crippen molar-refractivity contribution >= 4 is 17.7 Å². The van der Waals surface area contributed by atoms with Gasteiger partial charge in [0.25, 0.3) is 0 Å². The first-order chi connectivity index (χ1) is 9.09. The Balaban J connectivity index is 2.07. The number of nitrogens with two attached hydrogens (primary N) is 1. The number of benzene rings is 1. The van der Waals surface area contributed by atoms with Gasteiger partial charge in [-0.15, -0.1) is 11.8 Å². The molecular formula is C15H23N2OS+. The van der Waals surface area contributed by atoms with Crippen molar-refractivity contribution in [2.24, 2.45) is 0 Å². The molecule has 2 rings (SSSR count). The topological polar surface area (TPSA) is 36.9 Å². The molecule has 1 fully saturated rings. The van der Waals surface area contributed by atoms with Gasteiger partial charge in [-0.05, 0) is 31.9 Å². The van der Waals surface area contributed by atoms with Gasteiger partial charge in [0, 0.05) is 0 Å². The Kier molecular flexibility index (Phi) is 4.88. The third-order valence-corrected chi connectivity index (χ3v) is 4.67. The molecule has 0 saturated carbocycles. The second kappa shape index (κ2) is 6.44. The molecule has 1 saturated heterocycles. The number of hydrogen-bond acceptors (Lipinski definition) is 2. The van der Waals surface area contributed by atoms with Gasteiger partial charge in [0.05, 0.1) is 24.9 Å². The van der Waals surface area contributed by atoms with Crippen molar-refractivity contribution in [3.8, 4) is 0 Å². The average Bonchev–Trinajstić information content (AvgIpc) is 2.72. The van der Waals surface area contributed by atoms with Gasteiger partial charge in [-0.2, -0.15) is 0 Å². The number of rotatable bonds is 5. The second-order valence-electron chi connectivity index (χ2n) is 5.38. The fourth-order valence-corrected chi connectivity index (χ4v) is 3.68. The van der Waals surface area contributed by atoms with E-state index in [1.165, 1.54) is 11.1 Å². The van der Waals surface area contributed by atoms with Crippen molar-refractivity contribution in [3.63, 3.8) is 0 Å². The highest BCUT2D eigenvalue weighted by Crippen LogP contribution is 2.39. The summed E-state index contributed by atoms with van der Waals surface area (Å²) in [5.74, 6) is 0.885. The zero-order chi connectivity index (χ0) is 13.8. The molecule has 2 N–H and O–H groups in total. The van der Waals surface area contributed by atoms with Crippen LogP contribution < -0.4 is 5.32 Å². The molecule has 1 heterocycles. The summed E-state index contributed by atoms with van der Waals surface area (Å²) in [7, 11) is 0. The van der Waals surface area contributed by atoms with Gasteiger partial charge in [-0.3, -0.25) is 4.79 Å². The summed E-state index contributed by atoms with van der Waals surface area (Å²) in [5, 5.41) is 2.49. The molecule has 3 nitrogen and oxygen atoms in total. The Bertz CT molecular complexity index is 448. The van der Waals surface area contributed by atoms with Crippen molar-refractivity contribution in [2.45, 2.75) is 32.2 Å². The van der Waals surface area contributed by atoms with E-state index in [1.54, 1.807) is 11.8 Å². The normalized spacial score (nSPS) is 19.5. The van der Waals surface area contributed by atoms with Crippen LogP contribution in [0.3, 0.4) is 0 Å². The molecule has 1 amide bonds. The van der Waals surface area contributed by atoms with Gasteiger partial charge in [-0.25, -0.2) is 0 Å². The molecule has 0 unspecified atom stereocenters. The minimum Gasteiger partial charge on any atom is -0.343 e. The van der Waals surface area contributed by atoms with E-state index in [9.17, 15) is 4.79 Å². The van der Waals surface area contributed by atoms with E-state index in [-0.39, 0.29) is 11.3 Å². The average molecular weight is 279 g/mol. The minimum absolute atomic E-state index is 0.203. The molecule has 0 bridgehead atoms. The fourth-order valence-electron chi connectivity index (χ4n) is 2.36. The number of aryl methyl sites for hydroxylation is 1. The molecule has 0 aliphatic carbocycles. The monoisotopic (exact) mass is 279 g/mol. The Morgan fingerprint density at radius 1 is 1.42 bits per heavy atom. The lowest BCUT2D eigenvalue weighted by molar-refractivity contribution is -0.682. The van der Waals surface area contributed by atoms with Gasteiger partial charge in [0.2, 0.25) is 5.91 Å². The van der Waals surface area contributed by atoms with E-state index in [2.05, 4.69) is 50.4 Å². The van der Waals surface area contributed by atoms with Crippen LogP contribution in [-0.2, 0) is 4.79 Å². The van der Waals surface area contributed by atoms with Crippen molar-refractivity contribution in [1.82, 2.24) is 4.90 Å². The summed E-state index contributed by atoms with van der Waals surface area (Å²) in [6.45, 7) is 8.30. The summed E-state index contributed by atoms with van der Waals surface area (Å²) in [6.07, 6.45) is 0. The van der Waals surface area contributed by atoms with E-state index >= 15 is 0 Å². The van der Waals surface area contributed by atoms with Crippen LogP contribution >= 0.6 is 11.8 Å². The number of amides is 1. The number of nitrogens with zero attached hydrogens (tertiary/aromatic N) is 1. The van der Waals surface area contributed by atoms with Crippen molar-refractivity contribution in [3.05, 3.63) is 35.4 Å². The van der Waals surface area contributed by atoms with Gasteiger partial charge in [-0.1, -0.05) is 24.3 Å². The van der Waals surface area contributed by atoms with Gasteiger partial charge >= 0.3 is 0 Å². The van der Waals surface area contributed by atoms with Gasteiger partial charge in [0.1, 0.15) is 5.37 Å². The molecule has 1 aliphatic rings. The molecule has 0 radical (unpaired) electrons. The maximum absolute atomic E-state index is 12.0. The number of quaternary nitrogens is 1. The fraction of sp³-hybridized carbons (Fsp3) is 0.533. The molecule has 4 heteroatoms. The second-order valence-corrected chi connectivity index (χ2v) is 6.44. The molecule has 1 aliphatic heterocycles. The van der Waals surface area contributed by atoms with E-state index in [0.29, 0.717) is 11.8 Å².